The molecule has 2 aromatic rings. The summed E-state index contributed by atoms with van der Waals surface area (Å²) in [4.78, 5) is 13.0. The Morgan fingerprint density at radius 1 is 1.23 bits per heavy atom. The molecule has 2 aliphatic rings. The van der Waals surface area contributed by atoms with E-state index in [-0.39, 0.29) is 0 Å². The van der Waals surface area contributed by atoms with Crippen LogP contribution in [-0.2, 0) is 4.74 Å². The number of H-pyrrole nitrogens is 1. The third kappa shape index (κ3) is 4.28. The van der Waals surface area contributed by atoms with E-state index in [0.29, 0.717) is 5.25 Å². The Hall–Kier alpha value is -0.990. The van der Waals surface area contributed by atoms with Crippen LogP contribution in [0.15, 0.2) is 17.3 Å². The summed E-state index contributed by atoms with van der Waals surface area (Å²) in [5.41, 5.74) is 3.09. The number of piperazine rings is 1. The zero-order chi connectivity index (χ0) is 17.9. The van der Waals surface area contributed by atoms with Gasteiger partial charge in [0, 0.05) is 51.1 Å². The van der Waals surface area contributed by atoms with Crippen molar-refractivity contribution in [2.24, 2.45) is 0 Å². The number of fused-ring (bicyclic) bond motifs is 1. The van der Waals surface area contributed by atoms with Crippen molar-refractivity contribution in [3.63, 3.8) is 0 Å². The summed E-state index contributed by atoms with van der Waals surface area (Å²) < 4.78 is 5.42. The second-order valence-corrected chi connectivity index (χ2v) is 8.78. The molecule has 4 rings (SSSR count). The van der Waals surface area contributed by atoms with E-state index in [2.05, 4.69) is 33.1 Å². The van der Waals surface area contributed by atoms with Crippen molar-refractivity contribution >= 4 is 40.1 Å². The molecule has 2 aliphatic heterocycles. The number of hydrogen-bond acceptors (Lipinski definition) is 6. The minimum Gasteiger partial charge on any atom is -0.379 e. The Balaban J connectivity index is 1.46. The number of hydrogen-bond donors (Lipinski definition) is 2. The molecular weight excluding hydrogens is 370 g/mol. The van der Waals surface area contributed by atoms with Crippen molar-refractivity contribution in [3.8, 4) is 0 Å². The van der Waals surface area contributed by atoms with Crippen LogP contribution < -0.4 is 10.2 Å². The average molecular weight is 396 g/mol. The van der Waals surface area contributed by atoms with E-state index in [1.165, 1.54) is 0 Å². The summed E-state index contributed by atoms with van der Waals surface area (Å²) in [5.74, 6) is 0. The summed E-state index contributed by atoms with van der Waals surface area (Å²) >= 11 is 8.34. The number of nitrogens with zero attached hydrogens (tertiary/aromatic N) is 3. The minimum absolute atomic E-state index is 0.469. The second kappa shape index (κ2) is 8.35. The Labute approximate surface area is 163 Å². The number of benzene rings is 1. The molecule has 0 bridgehead atoms. The van der Waals surface area contributed by atoms with Gasteiger partial charge in [0.1, 0.15) is 0 Å². The molecule has 0 amide bonds. The molecule has 1 aromatic heterocycles. The molecule has 1 atom stereocenters. The molecule has 0 aliphatic carbocycles. The van der Waals surface area contributed by atoms with Crippen LogP contribution in [-0.4, -0.2) is 79.1 Å². The van der Waals surface area contributed by atoms with Crippen LogP contribution in [0.2, 0.25) is 5.02 Å². The third-order valence-corrected chi connectivity index (χ3v) is 6.19. The van der Waals surface area contributed by atoms with Crippen LogP contribution in [0.25, 0.3) is 11.0 Å². The van der Waals surface area contributed by atoms with E-state index in [4.69, 9.17) is 21.3 Å². The standard InChI is InChI=1S/C18H26ClN5OS/c1-13(12-23-6-8-25-9-7-23)26-18-21-15-10-14(19)17(11-16(15)22-18)24-4-2-20-3-5-24/h10-11,13,20H,2-9,12H2,1H3,(H,21,22). The normalized spacial score (nSPS) is 20.6. The van der Waals surface area contributed by atoms with Gasteiger partial charge in [0.25, 0.3) is 0 Å². The van der Waals surface area contributed by atoms with E-state index in [1.807, 2.05) is 6.07 Å². The van der Waals surface area contributed by atoms with Gasteiger partial charge < -0.3 is 19.9 Å². The molecule has 8 heteroatoms. The largest absolute Gasteiger partial charge is 0.379 e. The van der Waals surface area contributed by atoms with Crippen molar-refractivity contribution in [3.05, 3.63) is 17.2 Å². The zero-order valence-electron chi connectivity index (χ0n) is 15.1. The lowest BCUT2D eigenvalue weighted by Crippen LogP contribution is -2.43. The number of aromatic amines is 1. The van der Waals surface area contributed by atoms with Crippen LogP contribution in [0.3, 0.4) is 0 Å². The Morgan fingerprint density at radius 3 is 2.77 bits per heavy atom. The molecule has 3 heterocycles. The fourth-order valence-corrected chi connectivity index (χ4v) is 4.84. The highest BCUT2D eigenvalue weighted by Crippen LogP contribution is 2.32. The van der Waals surface area contributed by atoms with Gasteiger partial charge in [-0.1, -0.05) is 30.3 Å². The van der Waals surface area contributed by atoms with Gasteiger partial charge in [-0.2, -0.15) is 0 Å². The molecule has 0 spiro atoms. The van der Waals surface area contributed by atoms with Gasteiger partial charge in [0.15, 0.2) is 5.16 Å². The molecule has 142 valence electrons. The lowest BCUT2D eigenvalue weighted by Gasteiger charge is -2.30. The Morgan fingerprint density at radius 2 is 2.00 bits per heavy atom. The molecule has 1 aromatic carbocycles. The molecule has 2 saturated heterocycles. The van der Waals surface area contributed by atoms with Gasteiger partial charge in [-0.05, 0) is 12.1 Å². The number of thioether (sulfide) groups is 1. The van der Waals surface area contributed by atoms with Crippen LogP contribution in [0.1, 0.15) is 6.92 Å². The Kier molecular flexibility index (Phi) is 5.90. The lowest BCUT2D eigenvalue weighted by molar-refractivity contribution is 0.0386. The van der Waals surface area contributed by atoms with Crippen molar-refractivity contribution in [2.75, 3.05) is 63.9 Å². The first kappa shape index (κ1) is 18.4. The topological polar surface area (TPSA) is 56.4 Å². The average Bonchev–Trinajstić information content (AvgIpc) is 3.03. The number of morpholine rings is 1. The molecule has 26 heavy (non-hydrogen) atoms. The highest BCUT2D eigenvalue weighted by molar-refractivity contribution is 7.99. The van der Waals surface area contributed by atoms with Gasteiger partial charge >= 0.3 is 0 Å². The van der Waals surface area contributed by atoms with Crippen LogP contribution in [0.5, 0.6) is 0 Å². The molecule has 1 unspecified atom stereocenters. The fraction of sp³-hybridized carbons (Fsp3) is 0.611. The summed E-state index contributed by atoms with van der Waals surface area (Å²) in [6.07, 6.45) is 0. The summed E-state index contributed by atoms with van der Waals surface area (Å²) in [6.45, 7) is 11.0. The summed E-state index contributed by atoms with van der Waals surface area (Å²) in [7, 11) is 0. The molecule has 2 N–H and O–H groups in total. The molecule has 0 radical (unpaired) electrons. The van der Waals surface area contributed by atoms with Crippen LogP contribution in [0.4, 0.5) is 5.69 Å². The fourth-order valence-electron chi connectivity index (χ4n) is 3.58. The molecule has 2 fully saturated rings. The first-order valence-corrected chi connectivity index (χ1v) is 10.6. The smallest absolute Gasteiger partial charge is 0.166 e. The number of halogens is 1. The van der Waals surface area contributed by atoms with E-state index in [1.54, 1.807) is 11.8 Å². The predicted octanol–water partition coefficient (Wildman–Crippen LogP) is 2.44. The van der Waals surface area contributed by atoms with E-state index >= 15 is 0 Å². The van der Waals surface area contributed by atoms with Crippen LogP contribution in [0, 0.1) is 0 Å². The van der Waals surface area contributed by atoms with E-state index in [0.717, 1.165) is 85.9 Å². The minimum atomic E-state index is 0.469. The number of anilines is 1. The number of nitrogens with one attached hydrogen (secondary N) is 2. The van der Waals surface area contributed by atoms with Gasteiger partial charge in [-0.3, -0.25) is 4.90 Å². The van der Waals surface area contributed by atoms with Crippen molar-refractivity contribution in [2.45, 2.75) is 17.3 Å². The zero-order valence-corrected chi connectivity index (χ0v) is 16.7. The van der Waals surface area contributed by atoms with Gasteiger partial charge in [-0.15, -0.1) is 0 Å². The first-order valence-electron chi connectivity index (χ1n) is 9.31. The van der Waals surface area contributed by atoms with Gasteiger partial charge in [0.05, 0.1) is 35.0 Å². The summed E-state index contributed by atoms with van der Waals surface area (Å²) in [6, 6.07) is 4.13. The maximum Gasteiger partial charge on any atom is 0.166 e. The molecule has 6 nitrogen and oxygen atoms in total. The van der Waals surface area contributed by atoms with Crippen molar-refractivity contribution in [1.29, 1.82) is 0 Å². The predicted molar refractivity (Wildman–Crippen MR) is 109 cm³/mol. The Bertz CT molecular complexity index is 743. The van der Waals surface area contributed by atoms with E-state index < -0.39 is 0 Å². The maximum atomic E-state index is 6.55. The van der Waals surface area contributed by atoms with E-state index in [9.17, 15) is 0 Å². The molecule has 0 saturated carbocycles. The second-order valence-electron chi connectivity index (χ2n) is 6.94. The number of aromatic nitrogens is 2. The monoisotopic (exact) mass is 395 g/mol. The van der Waals surface area contributed by atoms with Crippen molar-refractivity contribution in [1.82, 2.24) is 20.2 Å². The number of rotatable bonds is 5. The lowest BCUT2D eigenvalue weighted by atomic mass is 10.2. The third-order valence-electron chi connectivity index (χ3n) is 4.92. The van der Waals surface area contributed by atoms with Gasteiger partial charge in [0.2, 0.25) is 0 Å². The number of imidazole rings is 1. The van der Waals surface area contributed by atoms with Gasteiger partial charge in [-0.25, -0.2) is 4.98 Å². The van der Waals surface area contributed by atoms with Crippen LogP contribution >= 0.6 is 23.4 Å². The quantitative estimate of drug-likeness (QED) is 0.758. The van der Waals surface area contributed by atoms with Crippen molar-refractivity contribution < 1.29 is 4.74 Å². The number of ether oxygens (including phenoxy) is 1. The highest BCUT2D eigenvalue weighted by atomic mass is 35.5. The first-order chi connectivity index (χ1) is 12.7. The SMILES string of the molecule is CC(CN1CCOCC1)Sc1nc2cc(N3CCNCC3)c(Cl)cc2[nH]1. The molecular formula is C18H26ClN5OS. The highest BCUT2D eigenvalue weighted by Gasteiger charge is 2.18. The summed E-state index contributed by atoms with van der Waals surface area (Å²) in [5, 5.41) is 5.61. The maximum absolute atomic E-state index is 6.55.